The second kappa shape index (κ2) is 12.2. The van der Waals surface area contributed by atoms with E-state index < -0.39 is 0 Å². The summed E-state index contributed by atoms with van der Waals surface area (Å²) in [6.45, 7) is 16.1. The first-order valence-electron chi connectivity index (χ1n) is 8.11. The minimum absolute atomic E-state index is 0.0480. The summed E-state index contributed by atoms with van der Waals surface area (Å²) in [7, 11) is 0. The average molecular weight is 312 g/mol. The van der Waals surface area contributed by atoms with Crippen molar-refractivity contribution in [1.29, 1.82) is 0 Å². The number of aldehydes is 1. The van der Waals surface area contributed by atoms with Crippen molar-refractivity contribution >= 4 is 17.7 Å². The Kier molecular flexibility index (Phi) is 10.9. The molecule has 1 aromatic carbocycles. The standard InChI is InChI=1S/C16H16N2O.2C2H6/c1-3-8-13(4-2)15-11-18(17-16(15)12-19)14-9-6-5-7-10-14;2*1-2/h3-10,12,15H,1-2,11H2;2*1-2H3/b13-8+;;. The van der Waals surface area contributed by atoms with E-state index in [1.807, 2.05) is 69.1 Å². The molecule has 3 heteroatoms. The number of rotatable bonds is 5. The Balaban J connectivity index is 0.00000112. The number of hydrazone groups is 1. The van der Waals surface area contributed by atoms with E-state index >= 15 is 0 Å². The Hall–Kier alpha value is -2.42. The zero-order chi connectivity index (χ0) is 17.7. The fraction of sp³-hybridized carbons (Fsp3) is 0.300. The predicted octanol–water partition coefficient (Wildman–Crippen LogP) is 5.03. The number of allylic oxidation sites excluding steroid dienone is 3. The molecule has 3 nitrogen and oxygen atoms in total. The van der Waals surface area contributed by atoms with E-state index in [0.717, 1.165) is 17.5 Å². The van der Waals surface area contributed by atoms with E-state index in [4.69, 9.17) is 0 Å². The molecule has 0 amide bonds. The van der Waals surface area contributed by atoms with E-state index in [0.29, 0.717) is 12.3 Å². The van der Waals surface area contributed by atoms with E-state index in [2.05, 4.69) is 18.3 Å². The Morgan fingerprint density at radius 2 is 1.78 bits per heavy atom. The van der Waals surface area contributed by atoms with Crippen molar-refractivity contribution in [2.24, 2.45) is 11.0 Å². The number of carbonyl (C=O) groups excluding carboxylic acids is 1. The molecule has 0 bridgehead atoms. The molecule has 0 aromatic heterocycles. The highest BCUT2D eigenvalue weighted by Crippen LogP contribution is 2.26. The third-order valence-electron chi connectivity index (χ3n) is 3.07. The number of hydrogen-bond acceptors (Lipinski definition) is 3. The van der Waals surface area contributed by atoms with Gasteiger partial charge in [0, 0.05) is 0 Å². The molecule has 0 spiro atoms. The average Bonchev–Trinajstić information content (AvgIpc) is 3.08. The molecular weight excluding hydrogens is 284 g/mol. The Morgan fingerprint density at radius 3 is 2.26 bits per heavy atom. The molecule has 1 heterocycles. The maximum Gasteiger partial charge on any atom is 0.166 e. The molecule has 0 radical (unpaired) electrons. The number of anilines is 1. The molecule has 2 rings (SSSR count). The van der Waals surface area contributed by atoms with Gasteiger partial charge in [0.1, 0.15) is 5.71 Å². The van der Waals surface area contributed by atoms with Crippen LogP contribution < -0.4 is 5.01 Å². The van der Waals surface area contributed by atoms with Crippen molar-refractivity contribution in [1.82, 2.24) is 0 Å². The second-order valence-corrected chi connectivity index (χ2v) is 4.22. The maximum absolute atomic E-state index is 11.2. The highest BCUT2D eigenvalue weighted by molar-refractivity contribution is 6.31. The molecule has 124 valence electrons. The zero-order valence-corrected chi connectivity index (χ0v) is 14.7. The van der Waals surface area contributed by atoms with Gasteiger partial charge in [0.05, 0.1) is 18.2 Å². The number of hydrogen-bond donors (Lipinski definition) is 0. The highest BCUT2D eigenvalue weighted by Gasteiger charge is 2.28. The van der Waals surface area contributed by atoms with E-state index in [1.54, 1.807) is 12.2 Å². The monoisotopic (exact) mass is 312 g/mol. The van der Waals surface area contributed by atoms with Gasteiger partial charge in [-0.25, -0.2) is 0 Å². The molecule has 0 saturated heterocycles. The van der Waals surface area contributed by atoms with Gasteiger partial charge in [-0.15, -0.1) is 0 Å². The minimum Gasteiger partial charge on any atom is -0.296 e. The maximum atomic E-state index is 11.2. The Bertz CT molecular complexity index is 544. The van der Waals surface area contributed by atoms with Gasteiger partial charge >= 0.3 is 0 Å². The summed E-state index contributed by atoms with van der Waals surface area (Å²) < 4.78 is 0. The van der Waals surface area contributed by atoms with E-state index in [-0.39, 0.29) is 5.92 Å². The summed E-state index contributed by atoms with van der Waals surface area (Å²) in [6, 6.07) is 9.80. The Labute approximate surface area is 140 Å². The summed E-state index contributed by atoms with van der Waals surface area (Å²) in [5, 5.41) is 6.21. The zero-order valence-electron chi connectivity index (χ0n) is 14.7. The molecule has 1 aliphatic rings. The summed E-state index contributed by atoms with van der Waals surface area (Å²) >= 11 is 0. The topological polar surface area (TPSA) is 32.7 Å². The predicted molar refractivity (Wildman–Crippen MR) is 102 cm³/mol. The summed E-state index contributed by atoms with van der Waals surface area (Å²) in [5.41, 5.74) is 2.46. The molecule has 23 heavy (non-hydrogen) atoms. The van der Waals surface area contributed by atoms with Gasteiger partial charge in [0.25, 0.3) is 0 Å². The van der Waals surface area contributed by atoms with Gasteiger partial charge in [-0.2, -0.15) is 5.10 Å². The normalized spacial score (nSPS) is 16.2. The van der Waals surface area contributed by atoms with Crippen LogP contribution in [0.25, 0.3) is 0 Å². The van der Waals surface area contributed by atoms with Crippen molar-refractivity contribution in [3.63, 3.8) is 0 Å². The fourth-order valence-corrected chi connectivity index (χ4v) is 2.12. The van der Waals surface area contributed by atoms with Crippen molar-refractivity contribution in [2.45, 2.75) is 27.7 Å². The lowest BCUT2D eigenvalue weighted by Gasteiger charge is -2.16. The fourth-order valence-electron chi connectivity index (χ4n) is 2.12. The summed E-state index contributed by atoms with van der Waals surface area (Å²) in [5.74, 6) is -0.0480. The molecule has 1 unspecified atom stereocenters. The third-order valence-corrected chi connectivity index (χ3v) is 3.07. The Morgan fingerprint density at radius 1 is 1.17 bits per heavy atom. The van der Waals surface area contributed by atoms with Crippen LogP contribution in [0.2, 0.25) is 0 Å². The van der Waals surface area contributed by atoms with Gasteiger partial charge in [-0.1, -0.05) is 77.3 Å². The number of para-hydroxylation sites is 1. The first kappa shape index (κ1) is 20.6. The van der Waals surface area contributed by atoms with Gasteiger partial charge in [0.15, 0.2) is 6.29 Å². The SMILES string of the molecule is C=C/C=C(\C=C)C1CN(c2ccccc2)N=C1C=O.CC.CC. The van der Waals surface area contributed by atoms with Crippen molar-refractivity contribution < 1.29 is 4.79 Å². The molecule has 0 N–H and O–H groups in total. The number of nitrogens with zero attached hydrogens (tertiary/aromatic N) is 2. The van der Waals surface area contributed by atoms with Crippen LogP contribution >= 0.6 is 0 Å². The lowest BCUT2D eigenvalue weighted by atomic mass is 9.94. The van der Waals surface area contributed by atoms with Crippen LogP contribution in [-0.2, 0) is 4.79 Å². The van der Waals surface area contributed by atoms with Gasteiger partial charge in [0.2, 0.25) is 0 Å². The molecule has 1 aliphatic heterocycles. The van der Waals surface area contributed by atoms with Crippen LogP contribution in [0.3, 0.4) is 0 Å². The van der Waals surface area contributed by atoms with Crippen LogP contribution in [0.4, 0.5) is 5.69 Å². The largest absolute Gasteiger partial charge is 0.296 e. The number of carbonyl (C=O) groups is 1. The molecule has 0 fully saturated rings. The van der Waals surface area contributed by atoms with Crippen molar-refractivity contribution in [3.05, 3.63) is 67.3 Å². The van der Waals surface area contributed by atoms with Gasteiger partial charge in [-0.05, 0) is 17.7 Å². The lowest BCUT2D eigenvalue weighted by molar-refractivity contribution is -0.102. The molecular formula is C20H28N2O. The highest BCUT2D eigenvalue weighted by atomic mass is 16.1. The third kappa shape index (κ3) is 5.70. The van der Waals surface area contributed by atoms with Crippen LogP contribution in [-0.4, -0.2) is 18.5 Å². The van der Waals surface area contributed by atoms with Gasteiger partial charge in [-0.3, -0.25) is 9.80 Å². The van der Waals surface area contributed by atoms with E-state index in [9.17, 15) is 4.79 Å². The number of benzene rings is 1. The van der Waals surface area contributed by atoms with Crippen LogP contribution in [0.15, 0.2) is 72.4 Å². The smallest absolute Gasteiger partial charge is 0.166 e. The quantitative estimate of drug-likeness (QED) is 0.564. The summed E-state index contributed by atoms with van der Waals surface area (Å²) in [6.07, 6.45) is 6.13. The van der Waals surface area contributed by atoms with Gasteiger partial charge < -0.3 is 0 Å². The lowest BCUT2D eigenvalue weighted by Crippen LogP contribution is -2.21. The van der Waals surface area contributed by atoms with Crippen molar-refractivity contribution in [3.8, 4) is 0 Å². The van der Waals surface area contributed by atoms with Crippen LogP contribution in [0.1, 0.15) is 27.7 Å². The first-order chi connectivity index (χ1) is 11.3. The van der Waals surface area contributed by atoms with E-state index in [1.165, 1.54) is 0 Å². The van der Waals surface area contributed by atoms with Crippen molar-refractivity contribution in [2.75, 3.05) is 11.6 Å². The molecule has 0 aliphatic carbocycles. The molecule has 1 aromatic rings. The van der Waals surface area contributed by atoms with Crippen LogP contribution in [0.5, 0.6) is 0 Å². The van der Waals surface area contributed by atoms with Crippen LogP contribution in [0, 0.1) is 5.92 Å². The summed E-state index contributed by atoms with van der Waals surface area (Å²) in [4.78, 5) is 11.2. The molecule has 1 atom stereocenters. The minimum atomic E-state index is -0.0480. The second-order valence-electron chi connectivity index (χ2n) is 4.22. The first-order valence-corrected chi connectivity index (χ1v) is 8.11. The molecule has 0 saturated carbocycles.